The van der Waals surface area contributed by atoms with Gasteiger partial charge in [-0.05, 0) is 54.4 Å². The van der Waals surface area contributed by atoms with Crippen LogP contribution in [0, 0.1) is 5.92 Å². The van der Waals surface area contributed by atoms with Crippen LogP contribution in [0.4, 0.5) is 18.9 Å². The van der Waals surface area contributed by atoms with Crippen LogP contribution in [0.25, 0.3) is 0 Å². The van der Waals surface area contributed by atoms with Gasteiger partial charge < -0.3 is 5.73 Å². The minimum Gasteiger partial charge on any atom is -0.398 e. The first-order chi connectivity index (χ1) is 8.47. The Morgan fingerprint density at radius 2 is 2.11 bits per heavy atom. The summed E-state index contributed by atoms with van der Waals surface area (Å²) in [6, 6.07) is 3.70. The molecular formula is C13H16F3NS. The maximum atomic E-state index is 12.5. The van der Waals surface area contributed by atoms with Gasteiger partial charge in [0.05, 0.1) is 5.56 Å². The van der Waals surface area contributed by atoms with Crippen LogP contribution in [0.3, 0.4) is 0 Å². The van der Waals surface area contributed by atoms with Crippen molar-refractivity contribution in [3.8, 4) is 0 Å². The van der Waals surface area contributed by atoms with Gasteiger partial charge in [-0.1, -0.05) is 6.07 Å². The first-order valence-electron chi connectivity index (χ1n) is 6.00. The van der Waals surface area contributed by atoms with Crippen LogP contribution in [0.15, 0.2) is 18.2 Å². The largest absolute Gasteiger partial charge is 0.416 e. The van der Waals surface area contributed by atoms with E-state index in [1.807, 2.05) is 11.8 Å². The molecule has 1 nitrogen and oxygen atoms in total. The second-order valence-electron chi connectivity index (χ2n) is 4.70. The third-order valence-electron chi connectivity index (χ3n) is 3.24. The third kappa shape index (κ3) is 3.34. The van der Waals surface area contributed by atoms with Gasteiger partial charge in [-0.15, -0.1) is 0 Å². The number of anilines is 1. The lowest BCUT2D eigenvalue weighted by atomic mass is 9.94. The van der Waals surface area contributed by atoms with E-state index in [1.165, 1.54) is 18.2 Å². The predicted molar refractivity (Wildman–Crippen MR) is 69.6 cm³/mol. The highest BCUT2D eigenvalue weighted by Crippen LogP contribution is 2.33. The van der Waals surface area contributed by atoms with Crippen LogP contribution in [-0.2, 0) is 12.6 Å². The maximum Gasteiger partial charge on any atom is 0.416 e. The maximum absolute atomic E-state index is 12.5. The van der Waals surface area contributed by atoms with Crippen LogP contribution < -0.4 is 5.73 Å². The summed E-state index contributed by atoms with van der Waals surface area (Å²) < 4.78 is 37.5. The van der Waals surface area contributed by atoms with Gasteiger partial charge in [0.1, 0.15) is 0 Å². The third-order valence-corrected chi connectivity index (χ3v) is 4.52. The monoisotopic (exact) mass is 275 g/mol. The summed E-state index contributed by atoms with van der Waals surface area (Å²) in [5.41, 5.74) is 6.17. The van der Waals surface area contributed by atoms with Crippen molar-refractivity contribution in [1.29, 1.82) is 0 Å². The van der Waals surface area contributed by atoms with Crippen LogP contribution in [-0.4, -0.2) is 11.5 Å². The smallest absolute Gasteiger partial charge is 0.398 e. The van der Waals surface area contributed by atoms with Crippen molar-refractivity contribution >= 4 is 17.4 Å². The van der Waals surface area contributed by atoms with E-state index in [0.717, 1.165) is 36.3 Å². The second-order valence-corrected chi connectivity index (χ2v) is 5.85. The van der Waals surface area contributed by atoms with Gasteiger partial charge in [-0.2, -0.15) is 24.9 Å². The van der Waals surface area contributed by atoms with Crippen molar-refractivity contribution in [3.63, 3.8) is 0 Å². The Bertz CT molecular complexity index is 411. The molecule has 1 heterocycles. The molecular weight excluding hydrogens is 259 g/mol. The Morgan fingerprint density at radius 3 is 2.67 bits per heavy atom. The Hall–Kier alpha value is -0.840. The van der Waals surface area contributed by atoms with E-state index in [2.05, 4.69) is 0 Å². The van der Waals surface area contributed by atoms with E-state index >= 15 is 0 Å². The molecule has 2 rings (SSSR count). The lowest BCUT2D eigenvalue weighted by molar-refractivity contribution is -0.137. The quantitative estimate of drug-likeness (QED) is 0.826. The molecule has 0 amide bonds. The Balaban J connectivity index is 2.09. The highest BCUT2D eigenvalue weighted by atomic mass is 32.2. The van der Waals surface area contributed by atoms with E-state index in [1.54, 1.807) is 0 Å². The first-order valence-corrected chi connectivity index (χ1v) is 7.15. The summed E-state index contributed by atoms with van der Waals surface area (Å²) in [4.78, 5) is 0. The molecule has 1 aromatic carbocycles. The zero-order valence-corrected chi connectivity index (χ0v) is 10.8. The molecule has 1 unspecified atom stereocenters. The van der Waals surface area contributed by atoms with Crippen LogP contribution in [0.2, 0.25) is 0 Å². The van der Waals surface area contributed by atoms with Crippen LogP contribution in [0.1, 0.15) is 24.0 Å². The Morgan fingerprint density at radius 1 is 1.33 bits per heavy atom. The molecule has 18 heavy (non-hydrogen) atoms. The van der Waals surface area contributed by atoms with Crippen molar-refractivity contribution < 1.29 is 13.2 Å². The summed E-state index contributed by atoms with van der Waals surface area (Å²) in [6.07, 6.45) is -1.19. The summed E-state index contributed by atoms with van der Waals surface area (Å²) in [5, 5.41) is 0. The molecule has 0 radical (unpaired) electrons. The molecule has 1 aliphatic heterocycles. The molecule has 0 spiro atoms. The number of nitrogen functional groups attached to an aromatic ring is 1. The van der Waals surface area contributed by atoms with Crippen molar-refractivity contribution in [2.24, 2.45) is 5.92 Å². The normalized spacial score (nSPS) is 20.9. The van der Waals surface area contributed by atoms with E-state index in [4.69, 9.17) is 5.73 Å². The Labute approximate surface area is 109 Å². The van der Waals surface area contributed by atoms with Gasteiger partial charge in [0.25, 0.3) is 0 Å². The van der Waals surface area contributed by atoms with Gasteiger partial charge in [-0.3, -0.25) is 0 Å². The number of rotatable bonds is 2. The van der Waals surface area contributed by atoms with Gasteiger partial charge in [-0.25, -0.2) is 0 Å². The van der Waals surface area contributed by atoms with Gasteiger partial charge >= 0.3 is 6.18 Å². The number of nitrogens with two attached hydrogens (primary N) is 1. The zero-order chi connectivity index (χ0) is 13.2. The van der Waals surface area contributed by atoms with Crippen LogP contribution in [0.5, 0.6) is 0 Å². The lowest BCUT2D eigenvalue weighted by Crippen LogP contribution is -2.14. The highest BCUT2D eigenvalue weighted by molar-refractivity contribution is 7.99. The van der Waals surface area contributed by atoms with Gasteiger partial charge in [0, 0.05) is 5.69 Å². The van der Waals surface area contributed by atoms with Crippen molar-refractivity contribution in [3.05, 3.63) is 29.3 Å². The van der Waals surface area contributed by atoms with Crippen LogP contribution >= 0.6 is 11.8 Å². The molecule has 1 aliphatic rings. The topological polar surface area (TPSA) is 26.0 Å². The van der Waals surface area contributed by atoms with E-state index in [-0.39, 0.29) is 5.69 Å². The molecule has 0 aliphatic carbocycles. The van der Waals surface area contributed by atoms with E-state index < -0.39 is 11.7 Å². The number of alkyl halides is 3. The predicted octanol–water partition coefficient (Wildman–Crippen LogP) is 3.97. The number of hydrogen-bond acceptors (Lipinski definition) is 2. The highest BCUT2D eigenvalue weighted by Gasteiger charge is 2.30. The average Bonchev–Trinajstić information content (AvgIpc) is 2.32. The Kier molecular flexibility index (Phi) is 4.10. The molecule has 5 heteroatoms. The number of thioether (sulfide) groups is 1. The number of hydrogen-bond donors (Lipinski definition) is 1. The molecule has 2 N–H and O–H groups in total. The summed E-state index contributed by atoms with van der Waals surface area (Å²) >= 11 is 1.91. The van der Waals surface area contributed by atoms with Crippen molar-refractivity contribution in [2.75, 3.05) is 17.2 Å². The summed E-state index contributed by atoms with van der Waals surface area (Å²) in [7, 11) is 0. The average molecular weight is 275 g/mol. The molecule has 0 bridgehead atoms. The molecule has 0 aromatic heterocycles. The minimum atomic E-state index is -4.31. The SMILES string of the molecule is Nc1cc(C(F)(F)F)ccc1CC1CCCSC1. The fraction of sp³-hybridized carbons (Fsp3) is 0.538. The first kappa shape index (κ1) is 13.6. The molecule has 1 saturated heterocycles. The van der Waals surface area contributed by atoms with E-state index in [0.29, 0.717) is 5.92 Å². The zero-order valence-electron chi connectivity index (χ0n) is 9.96. The fourth-order valence-electron chi connectivity index (χ4n) is 2.24. The fourth-order valence-corrected chi connectivity index (χ4v) is 3.39. The van der Waals surface area contributed by atoms with Gasteiger partial charge in [0.2, 0.25) is 0 Å². The number of halogens is 3. The van der Waals surface area contributed by atoms with Gasteiger partial charge in [0.15, 0.2) is 0 Å². The molecule has 1 fully saturated rings. The van der Waals surface area contributed by atoms with E-state index in [9.17, 15) is 13.2 Å². The van der Waals surface area contributed by atoms with Crippen molar-refractivity contribution in [1.82, 2.24) is 0 Å². The number of benzene rings is 1. The lowest BCUT2D eigenvalue weighted by Gasteiger charge is -2.22. The summed E-state index contributed by atoms with van der Waals surface area (Å²) in [6.45, 7) is 0. The second kappa shape index (κ2) is 5.43. The minimum absolute atomic E-state index is 0.264. The standard InChI is InChI=1S/C13H16F3NS/c14-13(15,16)11-4-3-10(12(17)7-11)6-9-2-1-5-18-8-9/h3-4,7,9H,1-2,5-6,8,17H2. The molecule has 1 aromatic rings. The molecule has 0 saturated carbocycles. The summed E-state index contributed by atoms with van der Waals surface area (Å²) in [5.74, 6) is 2.82. The molecule has 100 valence electrons. The van der Waals surface area contributed by atoms with Crippen molar-refractivity contribution in [2.45, 2.75) is 25.4 Å². The molecule has 1 atom stereocenters.